The number of benzene rings is 1. The van der Waals surface area contributed by atoms with Crippen LogP contribution in [0.25, 0.3) is 10.9 Å². The van der Waals surface area contributed by atoms with Gasteiger partial charge >= 0.3 is 0 Å². The predicted octanol–water partition coefficient (Wildman–Crippen LogP) is 2.60. The minimum absolute atomic E-state index is 0.0290. The SMILES string of the molecule is CNCC(C(=O)Nc1c[nH]c2ccccc12)C(C)C. The molecule has 1 amide bonds. The molecule has 0 spiro atoms. The van der Waals surface area contributed by atoms with E-state index in [2.05, 4.69) is 29.5 Å². The summed E-state index contributed by atoms with van der Waals surface area (Å²) >= 11 is 0. The minimum atomic E-state index is -0.0290. The molecule has 0 bridgehead atoms. The second-order valence-corrected chi connectivity index (χ2v) is 5.15. The summed E-state index contributed by atoms with van der Waals surface area (Å²) in [6.07, 6.45) is 1.85. The van der Waals surface area contributed by atoms with E-state index in [1.807, 2.05) is 37.5 Å². The summed E-state index contributed by atoms with van der Waals surface area (Å²) < 4.78 is 0. The molecule has 0 saturated carbocycles. The van der Waals surface area contributed by atoms with E-state index < -0.39 is 0 Å². The van der Waals surface area contributed by atoms with Crippen molar-refractivity contribution in [3.05, 3.63) is 30.5 Å². The summed E-state index contributed by atoms with van der Waals surface area (Å²) in [5.74, 6) is 0.338. The van der Waals surface area contributed by atoms with E-state index in [-0.39, 0.29) is 11.8 Å². The van der Waals surface area contributed by atoms with Crippen LogP contribution in [0, 0.1) is 11.8 Å². The van der Waals surface area contributed by atoms with E-state index in [4.69, 9.17) is 0 Å². The molecule has 0 radical (unpaired) electrons. The number of amides is 1. The van der Waals surface area contributed by atoms with Gasteiger partial charge in [-0.15, -0.1) is 0 Å². The number of rotatable bonds is 5. The topological polar surface area (TPSA) is 56.9 Å². The molecular weight excluding hydrogens is 238 g/mol. The zero-order valence-corrected chi connectivity index (χ0v) is 11.7. The number of aromatic nitrogens is 1. The summed E-state index contributed by atoms with van der Waals surface area (Å²) in [6.45, 7) is 4.82. The second kappa shape index (κ2) is 5.89. The second-order valence-electron chi connectivity index (χ2n) is 5.15. The maximum atomic E-state index is 12.3. The number of aromatic amines is 1. The first-order valence-corrected chi connectivity index (χ1v) is 6.65. The number of hydrogen-bond acceptors (Lipinski definition) is 2. The van der Waals surface area contributed by atoms with Crippen LogP contribution in [-0.4, -0.2) is 24.5 Å². The fraction of sp³-hybridized carbons (Fsp3) is 0.400. The van der Waals surface area contributed by atoms with Crippen molar-refractivity contribution in [3.63, 3.8) is 0 Å². The first kappa shape index (κ1) is 13.6. The lowest BCUT2D eigenvalue weighted by molar-refractivity contribution is -0.120. The number of anilines is 1. The predicted molar refractivity (Wildman–Crippen MR) is 79.2 cm³/mol. The third-order valence-corrected chi connectivity index (χ3v) is 3.41. The Labute approximate surface area is 113 Å². The largest absolute Gasteiger partial charge is 0.359 e. The Hall–Kier alpha value is -1.81. The van der Waals surface area contributed by atoms with Gasteiger partial charge < -0.3 is 15.6 Å². The lowest BCUT2D eigenvalue weighted by Gasteiger charge is -2.19. The van der Waals surface area contributed by atoms with Gasteiger partial charge in [0.2, 0.25) is 5.91 Å². The molecule has 1 aromatic heterocycles. The molecule has 102 valence electrons. The van der Waals surface area contributed by atoms with Crippen LogP contribution in [0.1, 0.15) is 13.8 Å². The number of para-hydroxylation sites is 1. The maximum absolute atomic E-state index is 12.3. The van der Waals surface area contributed by atoms with Crippen molar-refractivity contribution in [1.29, 1.82) is 0 Å². The van der Waals surface area contributed by atoms with Gasteiger partial charge in [0.25, 0.3) is 0 Å². The number of carbonyl (C=O) groups is 1. The number of H-pyrrole nitrogens is 1. The van der Waals surface area contributed by atoms with Crippen molar-refractivity contribution in [2.45, 2.75) is 13.8 Å². The molecule has 19 heavy (non-hydrogen) atoms. The van der Waals surface area contributed by atoms with Crippen molar-refractivity contribution in [3.8, 4) is 0 Å². The van der Waals surface area contributed by atoms with Crippen LogP contribution in [0.4, 0.5) is 5.69 Å². The molecule has 1 unspecified atom stereocenters. The van der Waals surface area contributed by atoms with E-state index in [9.17, 15) is 4.79 Å². The molecule has 1 heterocycles. The highest BCUT2D eigenvalue weighted by atomic mass is 16.1. The van der Waals surface area contributed by atoms with E-state index in [0.717, 1.165) is 16.6 Å². The fourth-order valence-electron chi connectivity index (χ4n) is 2.25. The van der Waals surface area contributed by atoms with Crippen LogP contribution in [0.2, 0.25) is 0 Å². The van der Waals surface area contributed by atoms with Gasteiger partial charge in [-0.3, -0.25) is 4.79 Å². The first-order valence-electron chi connectivity index (χ1n) is 6.65. The van der Waals surface area contributed by atoms with E-state index in [1.54, 1.807) is 0 Å². The van der Waals surface area contributed by atoms with Gasteiger partial charge in [0.05, 0.1) is 11.6 Å². The third-order valence-electron chi connectivity index (χ3n) is 3.41. The molecule has 1 aromatic carbocycles. The summed E-state index contributed by atoms with van der Waals surface area (Å²) in [5.41, 5.74) is 1.88. The maximum Gasteiger partial charge on any atom is 0.229 e. The summed E-state index contributed by atoms with van der Waals surface area (Å²) in [6, 6.07) is 7.95. The van der Waals surface area contributed by atoms with Crippen molar-refractivity contribution in [1.82, 2.24) is 10.3 Å². The number of nitrogens with one attached hydrogen (secondary N) is 3. The summed E-state index contributed by atoms with van der Waals surface area (Å²) in [7, 11) is 1.87. The van der Waals surface area contributed by atoms with Gasteiger partial charge in [0.1, 0.15) is 0 Å². The molecule has 0 fully saturated rings. The minimum Gasteiger partial charge on any atom is -0.359 e. The standard InChI is InChI=1S/C15H21N3O/c1-10(2)12(8-16-3)15(19)18-14-9-17-13-7-5-4-6-11(13)14/h4-7,9-10,12,16-17H,8H2,1-3H3,(H,18,19). The Morgan fingerprint density at radius 1 is 1.32 bits per heavy atom. The number of fused-ring (bicyclic) bond motifs is 1. The molecular formula is C15H21N3O. The van der Waals surface area contributed by atoms with Gasteiger partial charge in [-0.1, -0.05) is 32.0 Å². The molecule has 0 aliphatic heterocycles. The quantitative estimate of drug-likeness (QED) is 0.773. The summed E-state index contributed by atoms with van der Waals surface area (Å²) in [5, 5.41) is 7.14. The molecule has 0 saturated heterocycles. The van der Waals surface area contributed by atoms with Crippen LogP contribution >= 0.6 is 0 Å². The van der Waals surface area contributed by atoms with Gasteiger partial charge in [0.15, 0.2) is 0 Å². The first-order chi connectivity index (χ1) is 9.13. The van der Waals surface area contributed by atoms with Crippen molar-refractivity contribution >= 4 is 22.5 Å². The van der Waals surface area contributed by atoms with Gasteiger partial charge in [-0.25, -0.2) is 0 Å². The molecule has 1 atom stereocenters. The Morgan fingerprint density at radius 2 is 2.05 bits per heavy atom. The van der Waals surface area contributed by atoms with Crippen molar-refractivity contribution in [2.24, 2.45) is 11.8 Å². The Morgan fingerprint density at radius 3 is 2.74 bits per heavy atom. The zero-order valence-electron chi connectivity index (χ0n) is 11.7. The number of carbonyl (C=O) groups excluding carboxylic acids is 1. The highest BCUT2D eigenvalue weighted by molar-refractivity contribution is 6.02. The Balaban J connectivity index is 2.18. The van der Waals surface area contributed by atoms with Crippen LogP contribution in [0.3, 0.4) is 0 Å². The average Bonchev–Trinajstić information content (AvgIpc) is 2.79. The van der Waals surface area contributed by atoms with Gasteiger partial charge in [-0.2, -0.15) is 0 Å². The van der Waals surface area contributed by atoms with E-state index in [1.165, 1.54) is 0 Å². The lowest BCUT2D eigenvalue weighted by Crippen LogP contribution is -2.34. The van der Waals surface area contributed by atoms with Gasteiger partial charge in [-0.05, 0) is 19.0 Å². The molecule has 4 heteroatoms. The van der Waals surface area contributed by atoms with E-state index in [0.29, 0.717) is 12.5 Å². The summed E-state index contributed by atoms with van der Waals surface area (Å²) in [4.78, 5) is 15.5. The third kappa shape index (κ3) is 2.96. The molecule has 0 aliphatic rings. The Bertz CT molecular complexity index is 559. The zero-order chi connectivity index (χ0) is 13.8. The molecule has 3 N–H and O–H groups in total. The van der Waals surface area contributed by atoms with Crippen LogP contribution in [0.5, 0.6) is 0 Å². The van der Waals surface area contributed by atoms with Gasteiger partial charge in [0, 0.05) is 23.6 Å². The normalized spacial score (nSPS) is 12.8. The van der Waals surface area contributed by atoms with Crippen LogP contribution in [0.15, 0.2) is 30.5 Å². The monoisotopic (exact) mass is 259 g/mol. The smallest absolute Gasteiger partial charge is 0.229 e. The fourth-order valence-corrected chi connectivity index (χ4v) is 2.25. The molecule has 4 nitrogen and oxygen atoms in total. The lowest BCUT2D eigenvalue weighted by atomic mass is 9.95. The number of hydrogen-bond donors (Lipinski definition) is 3. The Kier molecular flexibility index (Phi) is 4.22. The average molecular weight is 259 g/mol. The van der Waals surface area contributed by atoms with Crippen molar-refractivity contribution < 1.29 is 4.79 Å². The molecule has 0 aliphatic carbocycles. The van der Waals surface area contributed by atoms with Crippen LogP contribution < -0.4 is 10.6 Å². The highest BCUT2D eigenvalue weighted by Crippen LogP contribution is 2.23. The van der Waals surface area contributed by atoms with E-state index >= 15 is 0 Å². The molecule has 2 aromatic rings. The van der Waals surface area contributed by atoms with Crippen LogP contribution in [-0.2, 0) is 4.79 Å². The molecule has 2 rings (SSSR count). The highest BCUT2D eigenvalue weighted by Gasteiger charge is 2.22. The van der Waals surface area contributed by atoms with Crippen molar-refractivity contribution in [2.75, 3.05) is 18.9 Å².